The monoisotopic (exact) mass is 76.1 g/mol. The van der Waals surface area contributed by atoms with Crippen molar-refractivity contribution in [2.45, 2.75) is 7.43 Å². The van der Waals surface area contributed by atoms with Crippen molar-refractivity contribution in [1.82, 2.24) is 0 Å². The highest BCUT2D eigenvalue weighted by Crippen LogP contribution is 1.87. The third-order valence-corrected chi connectivity index (χ3v) is 0.333. The molecule has 1 saturated heterocycles. The highest BCUT2D eigenvalue weighted by molar-refractivity contribution is 4.22. The van der Waals surface area contributed by atoms with Crippen molar-refractivity contribution in [3.63, 3.8) is 0 Å². The average molecular weight is 76.1 g/mol. The van der Waals surface area contributed by atoms with Crippen LogP contribution in [0.4, 0.5) is 0 Å². The summed E-state index contributed by atoms with van der Waals surface area (Å²) in [6.07, 6.45) is 0. The Morgan fingerprint density at radius 1 is 1.00 bits per heavy atom. The summed E-state index contributed by atoms with van der Waals surface area (Å²) >= 11 is 0. The first-order valence-electron chi connectivity index (χ1n) is 1.24. The fourth-order valence-corrected chi connectivity index (χ4v) is 0.0833. The first kappa shape index (κ1) is 4.92. The fourth-order valence-electron chi connectivity index (χ4n) is 0.0833. The minimum absolute atomic E-state index is 0. The minimum atomic E-state index is 0. The molecular formula is C3H8O2. The Hall–Kier alpha value is -0.0800. The molecule has 0 bridgehead atoms. The second-order valence-corrected chi connectivity index (χ2v) is 0.644. The van der Waals surface area contributed by atoms with Gasteiger partial charge in [0.25, 0.3) is 0 Å². The molecule has 1 aliphatic rings. The fraction of sp³-hybridized carbons (Fsp3) is 1.00. The van der Waals surface area contributed by atoms with Crippen LogP contribution in [0.15, 0.2) is 0 Å². The number of rotatable bonds is 0. The third-order valence-electron chi connectivity index (χ3n) is 0.333. The van der Waals surface area contributed by atoms with Crippen molar-refractivity contribution in [3.8, 4) is 0 Å². The highest BCUT2D eigenvalue weighted by atomic mass is 17.2. The average Bonchev–Trinajstić information content (AvgIpc) is 0.722. The molecule has 2 nitrogen and oxygen atoms in total. The zero-order valence-corrected chi connectivity index (χ0v) is 2.23. The summed E-state index contributed by atoms with van der Waals surface area (Å²) in [5.74, 6) is 0. The topological polar surface area (TPSA) is 18.5 Å². The van der Waals surface area contributed by atoms with E-state index in [1.165, 1.54) is 0 Å². The van der Waals surface area contributed by atoms with Gasteiger partial charge in [-0.1, -0.05) is 7.43 Å². The van der Waals surface area contributed by atoms with Crippen LogP contribution >= 0.6 is 0 Å². The molecule has 0 aromatic carbocycles. The van der Waals surface area contributed by atoms with E-state index in [1.807, 2.05) is 0 Å². The van der Waals surface area contributed by atoms with Crippen molar-refractivity contribution in [2.24, 2.45) is 0 Å². The van der Waals surface area contributed by atoms with Gasteiger partial charge in [-0.05, 0) is 0 Å². The van der Waals surface area contributed by atoms with Crippen molar-refractivity contribution in [3.05, 3.63) is 0 Å². The van der Waals surface area contributed by atoms with Crippen molar-refractivity contribution < 1.29 is 9.78 Å². The second-order valence-electron chi connectivity index (χ2n) is 0.644. The summed E-state index contributed by atoms with van der Waals surface area (Å²) in [4.78, 5) is 8.44. The van der Waals surface area contributed by atoms with Gasteiger partial charge in [0.05, 0.1) is 0 Å². The van der Waals surface area contributed by atoms with Gasteiger partial charge in [-0.3, -0.25) is 0 Å². The van der Waals surface area contributed by atoms with Crippen molar-refractivity contribution >= 4 is 0 Å². The molecule has 0 N–H and O–H groups in total. The zero-order chi connectivity index (χ0) is 2.83. The lowest BCUT2D eigenvalue weighted by Crippen LogP contribution is -2.14. The lowest BCUT2D eigenvalue weighted by atomic mass is 10.8. The van der Waals surface area contributed by atoms with Crippen LogP contribution in [0.2, 0.25) is 0 Å². The molecule has 0 spiro atoms. The molecule has 32 valence electrons. The smallest absolute Gasteiger partial charge is 0.109 e. The molecule has 0 aromatic rings. The molecule has 0 aromatic heterocycles. The second kappa shape index (κ2) is 2.18. The maximum atomic E-state index is 4.22. The first-order valence-corrected chi connectivity index (χ1v) is 1.24. The highest BCUT2D eigenvalue weighted by Gasteiger charge is 1.95. The molecule has 2 heteroatoms. The lowest BCUT2D eigenvalue weighted by Gasteiger charge is -2.08. The largest absolute Gasteiger partial charge is 0.234 e. The van der Waals surface area contributed by atoms with Crippen molar-refractivity contribution in [1.29, 1.82) is 0 Å². The van der Waals surface area contributed by atoms with Gasteiger partial charge < -0.3 is 0 Å². The van der Waals surface area contributed by atoms with Gasteiger partial charge in [0.15, 0.2) is 0 Å². The molecule has 1 fully saturated rings. The van der Waals surface area contributed by atoms with Gasteiger partial charge >= 0.3 is 0 Å². The van der Waals surface area contributed by atoms with Gasteiger partial charge in [0.1, 0.15) is 13.2 Å². The summed E-state index contributed by atoms with van der Waals surface area (Å²) < 4.78 is 0. The van der Waals surface area contributed by atoms with Crippen LogP contribution < -0.4 is 0 Å². The Balaban J connectivity index is 0.000000160. The Morgan fingerprint density at radius 2 is 1.20 bits per heavy atom. The van der Waals surface area contributed by atoms with Crippen molar-refractivity contribution in [2.75, 3.05) is 13.2 Å². The Kier molecular flexibility index (Phi) is 2.14. The maximum Gasteiger partial charge on any atom is 0.109 e. The molecule has 0 amide bonds. The Labute approximate surface area is 31.6 Å². The van der Waals surface area contributed by atoms with Gasteiger partial charge in [-0.25, -0.2) is 9.78 Å². The first-order chi connectivity index (χ1) is 2.00. The minimum Gasteiger partial charge on any atom is -0.234 e. The van der Waals surface area contributed by atoms with Gasteiger partial charge in [-0.15, -0.1) is 0 Å². The number of hydrogen-bond donors (Lipinski definition) is 0. The van der Waals surface area contributed by atoms with Crippen LogP contribution in [-0.4, -0.2) is 13.2 Å². The van der Waals surface area contributed by atoms with E-state index in [-0.39, 0.29) is 7.43 Å². The SMILES string of the molecule is C.C1COO1. The predicted octanol–water partition coefficient (Wildman–Crippen LogP) is 0.584. The molecule has 0 unspecified atom stereocenters. The Bertz CT molecular complexity index is 12.9. The molecule has 0 aliphatic carbocycles. The summed E-state index contributed by atoms with van der Waals surface area (Å²) in [7, 11) is 0. The summed E-state index contributed by atoms with van der Waals surface area (Å²) in [6, 6.07) is 0. The number of hydrogen-bond acceptors (Lipinski definition) is 2. The quantitative estimate of drug-likeness (QED) is 0.393. The molecule has 0 radical (unpaired) electrons. The Morgan fingerprint density at radius 3 is 1.20 bits per heavy atom. The van der Waals surface area contributed by atoms with Crippen LogP contribution in [0, 0.1) is 0 Å². The van der Waals surface area contributed by atoms with Crippen LogP contribution in [-0.2, 0) is 9.78 Å². The lowest BCUT2D eigenvalue weighted by molar-refractivity contribution is -0.382. The summed E-state index contributed by atoms with van der Waals surface area (Å²) in [5, 5.41) is 0. The third kappa shape index (κ3) is 0.940. The van der Waals surface area contributed by atoms with Gasteiger partial charge in [0, 0.05) is 0 Å². The maximum absolute atomic E-state index is 4.22. The van der Waals surface area contributed by atoms with Gasteiger partial charge in [0.2, 0.25) is 0 Å². The summed E-state index contributed by atoms with van der Waals surface area (Å²) in [5.41, 5.74) is 0. The molecule has 0 atom stereocenters. The molecule has 5 heavy (non-hydrogen) atoms. The van der Waals surface area contributed by atoms with E-state index in [9.17, 15) is 0 Å². The molecule has 1 aliphatic heterocycles. The van der Waals surface area contributed by atoms with E-state index < -0.39 is 0 Å². The van der Waals surface area contributed by atoms with E-state index >= 15 is 0 Å². The normalized spacial score (nSPS) is 19.2. The predicted molar refractivity (Wildman–Crippen MR) is 18.6 cm³/mol. The molecular weight excluding hydrogens is 68.0 g/mol. The molecule has 0 saturated carbocycles. The van der Waals surface area contributed by atoms with E-state index in [4.69, 9.17) is 0 Å². The van der Waals surface area contributed by atoms with Crippen LogP contribution in [0.25, 0.3) is 0 Å². The van der Waals surface area contributed by atoms with E-state index in [1.54, 1.807) is 0 Å². The van der Waals surface area contributed by atoms with Crippen LogP contribution in [0.1, 0.15) is 7.43 Å². The standard InChI is InChI=1S/C2H4O2.CH4/c1-2-4-3-1;/h1-2H2;1H4. The van der Waals surface area contributed by atoms with E-state index in [2.05, 4.69) is 9.78 Å². The zero-order valence-electron chi connectivity index (χ0n) is 2.23. The molecule has 1 rings (SSSR count). The van der Waals surface area contributed by atoms with Crippen LogP contribution in [0.5, 0.6) is 0 Å². The van der Waals surface area contributed by atoms with Crippen LogP contribution in [0.3, 0.4) is 0 Å². The van der Waals surface area contributed by atoms with Gasteiger partial charge in [-0.2, -0.15) is 0 Å². The van der Waals surface area contributed by atoms with E-state index in [0.29, 0.717) is 0 Å². The summed E-state index contributed by atoms with van der Waals surface area (Å²) in [6.45, 7) is 1.56. The molecule has 1 heterocycles. The van der Waals surface area contributed by atoms with E-state index in [0.717, 1.165) is 13.2 Å².